The Balaban J connectivity index is 1.38. The molecule has 1 saturated carbocycles. The lowest BCUT2D eigenvalue weighted by Crippen LogP contribution is -2.28. The second kappa shape index (κ2) is 7.94. The lowest BCUT2D eigenvalue weighted by Gasteiger charge is -2.12. The normalized spacial score (nSPS) is 19.6. The van der Waals surface area contributed by atoms with Crippen LogP contribution in [0.25, 0.3) is 11.0 Å². The third-order valence-electron chi connectivity index (χ3n) is 5.22. The lowest BCUT2D eigenvalue weighted by molar-refractivity contribution is -0.152. The van der Waals surface area contributed by atoms with Crippen LogP contribution in [0.1, 0.15) is 42.9 Å². The zero-order chi connectivity index (χ0) is 21.5. The fourth-order valence-electron chi connectivity index (χ4n) is 3.67. The Morgan fingerprint density at radius 2 is 2.10 bits per heavy atom. The van der Waals surface area contributed by atoms with E-state index in [1.54, 1.807) is 6.07 Å². The number of nitrogens with one attached hydrogen (secondary N) is 1. The molecule has 3 atom stereocenters. The van der Waals surface area contributed by atoms with Gasteiger partial charge in [-0.1, -0.05) is 12.1 Å². The number of benzene rings is 1. The van der Waals surface area contributed by atoms with Crippen LogP contribution >= 0.6 is 11.3 Å². The summed E-state index contributed by atoms with van der Waals surface area (Å²) in [4.78, 5) is 18.2. The third-order valence-corrected chi connectivity index (χ3v) is 6.41. The molecule has 0 spiro atoms. The molecule has 0 saturated heterocycles. The number of aryl methyl sites for hydroxylation is 1. The summed E-state index contributed by atoms with van der Waals surface area (Å²) in [6.45, 7) is 3.34. The zero-order valence-corrected chi connectivity index (χ0v) is 17.4. The van der Waals surface area contributed by atoms with Crippen molar-refractivity contribution in [2.45, 2.75) is 44.9 Å². The average molecular weight is 437 g/mol. The molecule has 2 aromatic heterocycles. The number of halogens is 3. The number of amides is 1. The molecule has 30 heavy (non-hydrogen) atoms. The molecule has 0 bridgehead atoms. The number of ether oxygens (including phenoxy) is 1. The highest BCUT2D eigenvalue weighted by molar-refractivity contribution is 7.13. The molecule has 1 aliphatic rings. The van der Waals surface area contributed by atoms with Crippen molar-refractivity contribution in [2.75, 3.05) is 6.61 Å². The summed E-state index contributed by atoms with van der Waals surface area (Å²) < 4.78 is 43.8. The minimum absolute atomic E-state index is 0.0617. The van der Waals surface area contributed by atoms with Crippen LogP contribution in [-0.2, 0) is 11.3 Å². The molecule has 9 heteroatoms. The Morgan fingerprint density at radius 3 is 2.83 bits per heavy atom. The van der Waals surface area contributed by atoms with Crippen LogP contribution in [0.4, 0.5) is 13.2 Å². The van der Waals surface area contributed by atoms with Gasteiger partial charge in [-0.25, -0.2) is 4.98 Å². The van der Waals surface area contributed by atoms with Crippen molar-refractivity contribution in [1.82, 2.24) is 14.9 Å². The van der Waals surface area contributed by atoms with Gasteiger partial charge in [0.05, 0.1) is 17.1 Å². The summed E-state index contributed by atoms with van der Waals surface area (Å²) in [6, 6.07) is 10.8. The Kier molecular flexibility index (Phi) is 5.48. The van der Waals surface area contributed by atoms with Crippen LogP contribution in [0.3, 0.4) is 0 Å². The topological polar surface area (TPSA) is 56.2 Å². The molecule has 5 nitrogen and oxygen atoms in total. The van der Waals surface area contributed by atoms with E-state index < -0.39 is 12.8 Å². The van der Waals surface area contributed by atoms with Crippen molar-refractivity contribution in [3.8, 4) is 5.06 Å². The van der Waals surface area contributed by atoms with E-state index in [0.29, 0.717) is 0 Å². The average Bonchev–Trinajstić information content (AvgIpc) is 3.19. The van der Waals surface area contributed by atoms with Crippen molar-refractivity contribution in [1.29, 1.82) is 0 Å². The first-order valence-corrected chi connectivity index (χ1v) is 10.6. The summed E-state index contributed by atoms with van der Waals surface area (Å²) in [5.41, 5.74) is 2.00. The van der Waals surface area contributed by atoms with Gasteiger partial charge in [-0.05, 0) is 44.5 Å². The van der Waals surface area contributed by atoms with Crippen molar-refractivity contribution < 1.29 is 22.7 Å². The zero-order valence-electron chi connectivity index (χ0n) is 16.6. The van der Waals surface area contributed by atoms with Gasteiger partial charge in [0, 0.05) is 23.3 Å². The number of nitrogens with zero attached hydrogens (tertiary/aromatic N) is 2. The molecular weight excluding hydrogens is 415 g/mol. The molecule has 1 fully saturated rings. The first-order valence-electron chi connectivity index (χ1n) is 9.81. The Morgan fingerprint density at radius 1 is 1.33 bits per heavy atom. The number of carbonyl (C=O) groups excluding carboxylic acids is 1. The van der Waals surface area contributed by atoms with E-state index in [2.05, 4.69) is 16.8 Å². The van der Waals surface area contributed by atoms with E-state index in [9.17, 15) is 18.0 Å². The standard InChI is InChI=1S/C21H22F3N3O2S/c1-3-27-16-7-5-4-6-15(16)26-19(27)13-10-14(13)20(28)25-12(2)17-8-9-18(30-17)29-11-21(22,23)24/h4-9,12-14H,3,10-11H2,1-2H3,(H,25,28)/t12-,13-,14-/m1/s1. The van der Waals surface area contributed by atoms with Crippen LogP contribution in [0.5, 0.6) is 5.06 Å². The lowest BCUT2D eigenvalue weighted by atomic mass is 10.2. The van der Waals surface area contributed by atoms with Crippen LogP contribution in [0.15, 0.2) is 36.4 Å². The van der Waals surface area contributed by atoms with E-state index in [4.69, 9.17) is 9.72 Å². The molecule has 2 heterocycles. The first kappa shape index (κ1) is 20.7. The van der Waals surface area contributed by atoms with E-state index >= 15 is 0 Å². The highest BCUT2D eigenvalue weighted by Gasteiger charge is 2.47. The Bertz CT molecular complexity index is 1060. The van der Waals surface area contributed by atoms with Gasteiger partial charge in [0.15, 0.2) is 11.7 Å². The highest BCUT2D eigenvalue weighted by atomic mass is 32.1. The molecule has 0 radical (unpaired) electrons. The predicted octanol–water partition coefficient (Wildman–Crippen LogP) is 5.04. The van der Waals surface area contributed by atoms with E-state index in [1.807, 2.05) is 31.2 Å². The molecule has 0 aliphatic heterocycles. The highest BCUT2D eigenvalue weighted by Crippen LogP contribution is 2.48. The minimum atomic E-state index is -4.38. The third kappa shape index (κ3) is 4.30. The molecular formula is C21H22F3N3O2S. The first-order chi connectivity index (χ1) is 14.3. The van der Waals surface area contributed by atoms with E-state index in [0.717, 1.165) is 46.0 Å². The molecule has 1 amide bonds. The van der Waals surface area contributed by atoms with Gasteiger partial charge < -0.3 is 14.6 Å². The Hall–Kier alpha value is -2.55. The fourth-order valence-corrected chi connectivity index (χ4v) is 4.53. The van der Waals surface area contributed by atoms with Gasteiger partial charge in [0.2, 0.25) is 5.91 Å². The fraction of sp³-hybridized carbons (Fsp3) is 0.429. The number of hydrogen-bond donors (Lipinski definition) is 1. The van der Waals surface area contributed by atoms with Crippen LogP contribution in [0, 0.1) is 5.92 Å². The smallest absolute Gasteiger partial charge is 0.422 e. The monoisotopic (exact) mass is 437 g/mol. The summed E-state index contributed by atoms with van der Waals surface area (Å²) in [6.07, 6.45) is -3.63. The number of thiophene rings is 1. The second-order valence-corrected chi connectivity index (χ2v) is 8.52. The second-order valence-electron chi connectivity index (χ2n) is 7.44. The van der Waals surface area contributed by atoms with Crippen molar-refractivity contribution in [2.24, 2.45) is 5.92 Å². The largest absolute Gasteiger partial charge is 0.475 e. The molecule has 0 unspecified atom stereocenters. The van der Waals surface area contributed by atoms with Gasteiger partial charge >= 0.3 is 6.18 Å². The molecule has 1 aliphatic carbocycles. The van der Waals surface area contributed by atoms with E-state index in [-0.39, 0.29) is 28.8 Å². The number of imidazole rings is 1. The van der Waals surface area contributed by atoms with Gasteiger partial charge in [-0.2, -0.15) is 13.2 Å². The number of aromatic nitrogens is 2. The Labute approximate surface area is 175 Å². The molecule has 1 N–H and O–H groups in total. The summed E-state index contributed by atoms with van der Waals surface area (Å²) in [7, 11) is 0. The quantitative estimate of drug-likeness (QED) is 0.563. The number of alkyl halides is 3. The minimum Gasteiger partial charge on any atom is -0.475 e. The number of fused-ring (bicyclic) bond motifs is 1. The molecule has 1 aromatic carbocycles. The molecule has 3 aromatic rings. The maximum Gasteiger partial charge on any atom is 0.422 e. The van der Waals surface area contributed by atoms with Crippen molar-refractivity contribution in [3.63, 3.8) is 0 Å². The number of rotatable bonds is 7. The molecule has 160 valence electrons. The van der Waals surface area contributed by atoms with Gasteiger partial charge in [0.25, 0.3) is 0 Å². The van der Waals surface area contributed by atoms with Crippen LogP contribution < -0.4 is 10.1 Å². The van der Waals surface area contributed by atoms with Gasteiger partial charge in [-0.3, -0.25) is 4.79 Å². The van der Waals surface area contributed by atoms with Crippen molar-refractivity contribution in [3.05, 3.63) is 47.1 Å². The number of hydrogen-bond acceptors (Lipinski definition) is 4. The molecule has 4 rings (SSSR count). The van der Waals surface area contributed by atoms with Gasteiger partial charge in [0.1, 0.15) is 5.82 Å². The number of carbonyl (C=O) groups is 1. The maximum atomic E-state index is 12.7. The predicted molar refractivity (Wildman–Crippen MR) is 109 cm³/mol. The van der Waals surface area contributed by atoms with Crippen LogP contribution in [0.2, 0.25) is 0 Å². The van der Waals surface area contributed by atoms with E-state index in [1.165, 1.54) is 6.07 Å². The van der Waals surface area contributed by atoms with Gasteiger partial charge in [-0.15, -0.1) is 11.3 Å². The van der Waals surface area contributed by atoms with Crippen molar-refractivity contribution >= 4 is 28.3 Å². The summed E-state index contributed by atoms with van der Waals surface area (Å²) in [5.74, 6) is 0.813. The SMILES string of the molecule is CCn1c([C@@H]2C[C@H]2C(=O)N[C@H](C)c2ccc(OCC(F)(F)F)s2)nc2ccccc21. The summed E-state index contributed by atoms with van der Waals surface area (Å²) in [5, 5.41) is 3.16. The summed E-state index contributed by atoms with van der Waals surface area (Å²) >= 11 is 1.11. The maximum absolute atomic E-state index is 12.7. The van der Waals surface area contributed by atoms with Crippen LogP contribution in [-0.4, -0.2) is 28.2 Å². The number of para-hydroxylation sites is 2.